The summed E-state index contributed by atoms with van der Waals surface area (Å²) in [4.78, 5) is 23.0. The number of nitrogens with one attached hydrogen (secondary N) is 1. The lowest BCUT2D eigenvalue weighted by atomic mass is 9.95. The molecule has 2 aromatic rings. The van der Waals surface area contributed by atoms with Gasteiger partial charge in [-0.25, -0.2) is 0 Å². The molecule has 0 aromatic heterocycles. The highest BCUT2D eigenvalue weighted by Crippen LogP contribution is 2.52. The lowest BCUT2D eigenvalue weighted by Crippen LogP contribution is -2.15. The standard InChI is InChI=1S/C24H27NO6/c1-29-19-9-8-16(15-5-3-6-17-18(15)13-25-23(17)28)21(22(19)30-2)31-14-24(11-12-24)10-4-7-20(26)27/h3,5-6,8-9H,4,7,10-14H2,1-2H3,(H,25,28)(H,26,27). The van der Waals surface area contributed by atoms with Gasteiger partial charge in [0.05, 0.1) is 20.8 Å². The molecule has 1 amide bonds. The number of hydrogen-bond donors (Lipinski definition) is 2. The van der Waals surface area contributed by atoms with Crippen molar-refractivity contribution < 1.29 is 28.9 Å². The topological polar surface area (TPSA) is 94.1 Å². The molecule has 1 fully saturated rings. The molecule has 0 unspecified atom stereocenters. The fraction of sp³-hybridized carbons (Fsp3) is 0.417. The second-order valence-electron chi connectivity index (χ2n) is 8.23. The average molecular weight is 425 g/mol. The van der Waals surface area contributed by atoms with E-state index in [1.807, 2.05) is 30.3 Å². The summed E-state index contributed by atoms with van der Waals surface area (Å²) in [5.74, 6) is 0.818. The fourth-order valence-electron chi connectivity index (χ4n) is 4.24. The van der Waals surface area contributed by atoms with Crippen LogP contribution in [0.15, 0.2) is 30.3 Å². The molecular weight excluding hydrogens is 398 g/mol. The number of ether oxygens (including phenoxy) is 3. The van der Waals surface area contributed by atoms with E-state index in [4.69, 9.17) is 19.3 Å². The number of carbonyl (C=O) groups excluding carboxylic acids is 1. The number of rotatable bonds is 10. The Bertz CT molecular complexity index is 1010. The van der Waals surface area contributed by atoms with Gasteiger partial charge in [0.25, 0.3) is 5.91 Å². The normalized spacial score (nSPS) is 15.7. The van der Waals surface area contributed by atoms with Crippen LogP contribution in [0.5, 0.6) is 17.2 Å². The van der Waals surface area contributed by atoms with E-state index in [0.29, 0.717) is 42.4 Å². The molecule has 1 aliphatic carbocycles. The van der Waals surface area contributed by atoms with Crippen molar-refractivity contribution >= 4 is 11.9 Å². The highest BCUT2D eigenvalue weighted by molar-refractivity contribution is 6.01. The smallest absolute Gasteiger partial charge is 0.303 e. The molecule has 0 spiro atoms. The Balaban J connectivity index is 1.67. The average Bonchev–Trinajstić information content (AvgIpc) is 3.44. The first-order chi connectivity index (χ1) is 15.0. The number of aliphatic carboxylic acids is 1. The Morgan fingerprint density at radius 1 is 1.06 bits per heavy atom. The van der Waals surface area contributed by atoms with Gasteiger partial charge in [-0.1, -0.05) is 12.1 Å². The maximum absolute atomic E-state index is 12.1. The molecule has 4 rings (SSSR count). The third kappa shape index (κ3) is 4.17. The van der Waals surface area contributed by atoms with Crippen LogP contribution in [-0.2, 0) is 11.3 Å². The molecule has 2 aromatic carbocycles. The molecular formula is C24H27NO6. The minimum atomic E-state index is -0.769. The van der Waals surface area contributed by atoms with E-state index < -0.39 is 5.97 Å². The Labute approximate surface area is 181 Å². The highest BCUT2D eigenvalue weighted by Gasteiger charge is 2.43. The van der Waals surface area contributed by atoms with E-state index >= 15 is 0 Å². The third-order valence-electron chi connectivity index (χ3n) is 6.21. The molecule has 1 aliphatic heterocycles. The molecule has 0 radical (unpaired) electrons. The van der Waals surface area contributed by atoms with E-state index in [2.05, 4.69) is 5.32 Å². The SMILES string of the molecule is COc1ccc(-c2cccc3c2CNC3=O)c(OCC2(CCCC(=O)O)CC2)c1OC. The van der Waals surface area contributed by atoms with Gasteiger partial charge in [-0.3, -0.25) is 9.59 Å². The summed E-state index contributed by atoms with van der Waals surface area (Å²) >= 11 is 0. The number of carboxylic acids is 1. The molecule has 0 atom stereocenters. The summed E-state index contributed by atoms with van der Waals surface area (Å²) in [6.45, 7) is 0.951. The quantitative estimate of drug-likeness (QED) is 0.597. The number of hydrogen-bond acceptors (Lipinski definition) is 5. The molecule has 31 heavy (non-hydrogen) atoms. The van der Waals surface area contributed by atoms with Gasteiger partial charge in [0, 0.05) is 29.5 Å². The van der Waals surface area contributed by atoms with Crippen LogP contribution in [-0.4, -0.2) is 37.8 Å². The summed E-state index contributed by atoms with van der Waals surface area (Å²) in [5.41, 5.74) is 3.38. The molecule has 0 bridgehead atoms. The van der Waals surface area contributed by atoms with Crippen LogP contribution in [0, 0.1) is 5.41 Å². The van der Waals surface area contributed by atoms with Gasteiger partial charge in [0.1, 0.15) is 0 Å². The van der Waals surface area contributed by atoms with Crippen LogP contribution in [0.25, 0.3) is 11.1 Å². The molecule has 7 heteroatoms. The molecule has 0 saturated heterocycles. The van der Waals surface area contributed by atoms with E-state index in [1.165, 1.54) is 0 Å². The van der Waals surface area contributed by atoms with Crippen LogP contribution in [0.1, 0.15) is 48.0 Å². The second kappa shape index (κ2) is 8.49. The van der Waals surface area contributed by atoms with Crippen molar-refractivity contribution in [3.8, 4) is 28.4 Å². The first-order valence-electron chi connectivity index (χ1n) is 10.5. The third-order valence-corrected chi connectivity index (χ3v) is 6.21. The zero-order chi connectivity index (χ0) is 22.0. The molecule has 2 aliphatic rings. The Kier molecular flexibility index (Phi) is 5.76. The van der Waals surface area contributed by atoms with Crippen molar-refractivity contribution in [1.29, 1.82) is 0 Å². The summed E-state index contributed by atoms with van der Waals surface area (Å²) < 4.78 is 17.5. The van der Waals surface area contributed by atoms with Crippen molar-refractivity contribution in [1.82, 2.24) is 5.32 Å². The second-order valence-corrected chi connectivity index (χ2v) is 8.23. The summed E-state index contributed by atoms with van der Waals surface area (Å²) in [5, 5.41) is 11.8. The lowest BCUT2D eigenvalue weighted by Gasteiger charge is -2.22. The van der Waals surface area contributed by atoms with E-state index in [1.54, 1.807) is 14.2 Å². The van der Waals surface area contributed by atoms with Crippen molar-refractivity contribution in [2.45, 2.75) is 38.6 Å². The monoisotopic (exact) mass is 425 g/mol. The zero-order valence-corrected chi connectivity index (χ0v) is 17.8. The Morgan fingerprint density at radius 3 is 2.52 bits per heavy atom. The minimum Gasteiger partial charge on any atom is -0.493 e. The Hall–Kier alpha value is -3.22. The fourth-order valence-corrected chi connectivity index (χ4v) is 4.24. The molecule has 1 saturated carbocycles. The first-order valence-corrected chi connectivity index (χ1v) is 10.5. The number of benzene rings is 2. The largest absolute Gasteiger partial charge is 0.493 e. The van der Waals surface area contributed by atoms with Crippen molar-refractivity contribution in [3.05, 3.63) is 41.5 Å². The predicted octanol–water partition coefficient (Wildman–Crippen LogP) is 4.03. The van der Waals surface area contributed by atoms with Crippen molar-refractivity contribution in [2.75, 3.05) is 20.8 Å². The molecule has 2 N–H and O–H groups in total. The number of methoxy groups -OCH3 is 2. The lowest BCUT2D eigenvalue weighted by molar-refractivity contribution is -0.137. The Morgan fingerprint density at radius 2 is 1.84 bits per heavy atom. The van der Waals surface area contributed by atoms with Crippen LogP contribution in [0.3, 0.4) is 0 Å². The number of fused-ring (bicyclic) bond motifs is 1. The van der Waals surface area contributed by atoms with Crippen molar-refractivity contribution in [2.24, 2.45) is 5.41 Å². The van der Waals surface area contributed by atoms with E-state index in [9.17, 15) is 9.59 Å². The predicted molar refractivity (Wildman–Crippen MR) is 115 cm³/mol. The molecule has 1 heterocycles. The van der Waals surface area contributed by atoms with Gasteiger partial charge in [0.2, 0.25) is 5.75 Å². The highest BCUT2D eigenvalue weighted by atomic mass is 16.5. The van der Waals surface area contributed by atoms with Gasteiger partial charge in [0.15, 0.2) is 11.5 Å². The van der Waals surface area contributed by atoms with E-state index in [-0.39, 0.29) is 17.7 Å². The van der Waals surface area contributed by atoms with Gasteiger partial charge in [-0.2, -0.15) is 0 Å². The maximum Gasteiger partial charge on any atom is 0.303 e. The zero-order valence-electron chi connectivity index (χ0n) is 17.8. The van der Waals surface area contributed by atoms with Gasteiger partial charge >= 0.3 is 5.97 Å². The first kappa shape index (κ1) is 21.0. The summed E-state index contributed by atoms with van der Waals surface area (Å²) in [6.07, 6.45) is 3.67. The van der Waals surface area contributed by atoms with Crippen LogP contribution in [0.2, 0.25) is 0 Å². The number of amides is 1. The number of carboxylic acid groups (broad SMARTS) is 1. The van der Waals surface area contributed by atoms with E-state index in [0.717, 1.165) is 36.0 Å². The van der Waals surface area contributed by atoms with Crippen LogP contribution < -0.4 is 19.5 Å². The van der Waals surface area contributed by atoms with Gasteiger partial charge in [-0.15, -0.1) is 0 Å². The van der Waals surface area contributed by atoms with Crippen LogP contribution >= 0.6 is 0 Å². The van der Waals surface area contributed by atoms with Gasteiger partial charge in [-0.05, 0) is 55.0 Å². The molecule has 164 valence electrons. The summed E-state index contributed by atoms with van der Waals surface area (Å²) in [6, 6.07) is 9.44. The van der Waals surface area contributed by atoms with Gasteiger partial charge < -0.3 is 24.6 Å². The number of carbonyl (C=O) groups is 2. The maximum atomic E-state index is 12.1. The minimum absolute atomic E-state index is 0.0109. The summed E-state index contributed by atoms with van der Waals surface area (Å²) in [7, 11) is 3.16. The van der Waals surface area contributed by atoms with Crippen LogP contribution in [0.4, 0.5) is 0 Å². The molecule has 7 nitrogen and oxygen atoms in total. The van der Waals surface area contributed by atoms with Crippen molar-refractivity contribution in [3.63, 3.8) is 0 Å².